The minimum Gasteiger partial charge on any atom is -0.470 e. The number of hydrogen-bond acceptors (Lipinski definition) is 10. The number of ether oxygens (including phenoxy) is 3. The number of benzene rings is 1. The summed E-state index contributed by atoms with van der Waals surface area (Å²) in [7, 11) is 1.58. The molecule has 2 fully saturated rings. The Kier molecular flexibility index (Phi) is 5.48. The van der Waals surface area contributed by atoms with E-state index in [0.29, 0.717) is 59.8 Å². The molecule has 192 valence electrons. The summed E-state index contributed by atoms with van der Waals surface area (Å²) in [6.07, 6.45) is 2.67. The number of pyridine rings is 1. The zero-order chi connectivity index (χ0) is 25.6. The zero-order valence-corrected chi connectivity index (χ0v) is 20.5. The van der Waals surface area contributed by atoms with Crippen molar-refractivity contribution in [1.29, 1.82) is 0 Å². The van der Waals surface area contributed by atoms with Gasteiger partial charge in [0.1, 0.15) is 13.2 Å². The summed E-state index contributed by atoms with van der Waals surface area (Å²) in [5.41, 5.74) is 2.28. The van der Waals surface area contributed by atoms with Crippen LogP contribution in [0.4, 0.5) is 0 Å². The van der Waals surface area contributed by atoms with E-state index < -0.39 is 0 Å². The van der Waals surface area contributed by atoms with E-state index in [9.17, 15) is 4.79 Å². The second-order valence-corrected chi connectivity index (χ2v) is 9.35. The fourth-order valence-electron chi connectivity index (χ4n) is 5.04. The molecular formula is C26H23N7O5. The van der Waals surface area contributed by atoms with Crippen LogP contribution in [0.25, 0.3) is 27.9 Å². The molecule has 1 aromatic carbocycles. The third-order valence-corrected chi connectivity index (χ3v) is 6.89. The molecule has 2 aliphatic rings. The molecule has 0 aliphatic carbocycles. The molecule has 2 atom stereocenters. The lowest BCUT2D eigenvalue weighted by Crippen LogP contribution is -2.41. The van der Waals surface area contributed by atoms with Crippen molar-refractivity contribution in [3.8, 4) is 17.4 Å². The van der Waals surface area contributed by atoms with E-state index in [1.807, 2.05) is 29.2 Å². The molecule has 38 heavy (non-hydrogen) atoms. The third-order valence-electron chi connectivity index (χ3n) is 6.89. The van der Waals surface area contributed by atoms with E-state index in [0.717, 1.165) is 17.2 Å². The Morgan fingerprint density at radius 1 is 1.13 bits per heavy atom. The Hall–Kier alpha value is -4.42. The van der Waals surface area contributed by atoms with Gasteiger partial charge in [-0.25, -0.2) is 0 Å². The number of hydrogen-bond donors (Lipinski definition) is 0. The van der Waals surface area contributed by atoms with Gasteiger partial charge in [0.25, 0.3) is 5.91 Å². The predicted octanol–water partition coefficient (Wildman–Crippen LogP) is 2.67. The van der Waals surface area contributed by atoms with Gasteiger partial charge < -0.3 is 23.6 Å². The van der Waals surface area contributed by atoms with Crippen molar-refractivity contribution in [1.82, 2.24) is 34.9 Å². The van der Waals surface area contributed by atoms with Gasteiger partial charge in [-0.3, -0.25) is 9.78 Å². The maximum Gasteiger partial charge on any atom is 0.255 e. The molecule has 2 saturated heterocycles. The first-order valence-corrected chi connectivity index (χ1v) is 12.3. The number of nitrogens with zero attached hydrogens (tertiary/aromatic N) is 7. The Labute approximate surface area is 216 Å². The van der Waals surface area contributed by atoms with E-state index in [-0.39, 0.29) is 24.7 Å². The molecule has 7 rings (SSSR count). The number of carbonyl (C=O) groups excluding carboxylic acids is 1. The Balaban J connectivity index is 1.15. The summed E-state index contributed by atoms with van der Waals surface area (Å²) >= 11 is 0. The number of aromatic nitrogens is 6. The minimum atomic E-state index is -0.0134. The largest absolute Gasteiger partial charge is 0.470 e. The molecule has 2 aliphatic heterocycles. The summed E-state index contributed by atoms with van der Waals surface area (Å²) in [6.45, 7) is 1.71. The van der Waals surface area contributed by atoms with Crippen molar-refractivity contribution in [3.63, 3.8) is 0 Å². The topological polar surface area (TPSA) is 130 Å². The van der Waals surface area contributed by atoms with Gasteiger partial charge in [-0.15, -0.1) is 15.3 Å². The van der Waals surface area contributed by atoms with Crippen LogP contribution in [0.3, 0.4) is 0 Å². The summed E-state index contributed by atoms with van der Waals surface area (Å²) in [4.78, 5) is 19.3. The molecule has 0 saturated carbocycles. The van der Waals surface area contributed by atoms with E-state index in [1.165, 1.54) is 0 Å². The van der Waals surface area contributed by atoms with Gasteiger partial charge in [-0.1, -0.05) is 23.4 Å². The van der Waals surface area contributed by atoms with Gasteiger partial charge >= 0.3 is 0 Å². The Bertz CT molecular complexity index is 1650. The van der Waals surface area contributed by atoms with Crippen LogP contribution < -0.4 is 4.74 Å². The number of rotatable bonds is 7. The van der Waals surface area contributed by atoms with Gasteiger partial charge in [-0.05, 0) is 24.6 Å². The predicted molar refractivity (Wildman–Crippen MR) is 132 cm³/mol. The highest BCUT2D eigenvalue weighted by atomic mass is 16.5. The average molecular weight is 514 g/mol. The molecule has 1 amide bonds. The number of amides is 1. The maximum absolute atomic E-state index is 12.9. The SMILES string of the molecule is COCc1cc(-c2nnc3c4ccccc4c(OCc4ccc(C(=O)N5C[C@@H]6C[C@H]5CO6)cn4)nn23)no1. The molecule has 0 N–H and O–H groups in total. The average Bonchev–Trinajstić information content (AvgIpc) is 3.76. The Morgan fingerprint density at radius 2 is 2.03 bits per heavy atom. The van der Waals surface area contributed by atoms with E-state index in [4.69, 9.17) is 18.7 Å². The zero-order valence-electron chi connectivity index (χ0n) is 20.5. The lowest BCUT2D eigenvalue weighted by atomic mass is 10.2. The van der Waals surface area contributed by atoms with Crippen LogP contribution in [0, 0.1) is 0 Å². The van der Waals surface area contributed by atoms with Crippen molar-refractivity contribution >= 4 is 22.3 Å². The second-order valence-electron chi connectivity index (χ2n) is 9.35. The van der Waals surface area contributed by atoms with Gasteiger partial charge in [-0.2, -0.15) is 4.52 Å². The highest BCUT2D eigenvalue weighted by Gasteiger charge is 2.41. The molecule has 2 bridgehead atoms. The third kappa shape index (κ3) is 3.85. The summed E-state index contributed by atoms with van der Waals surface area (Å²) < 4.78 is 23.8. The molecule has 0 spiro atoms. The van der Waals surface area contributed by atoms with Crippen molar-refractivity contribution in [2.75, 3.05) is 20.3 Å². The molecule has 0 unspecified atom stereocenters. The van der Waals surface area contributed by atoms with E-state index in [2.05, 4.69) is 25.4 Å². The first-order chi connectivity index (χ1) is 18.7. The van der Waals surface area contributed by atoms with E-state index in [1.54, 1.807) is 36.0 Å². The van der Waals surface area contributed by atoms with Crippen LogP contribution in [0.1, 0.15) is 28.2 Å². The van der Waals surface area contributed by atoms with Crippen molar-refractivity contribution in [3.05, 3.63) is 65.7 Å². The first kappa shape index (κ1) is 22.8. The maximum atomic E-state index is 12.9. The molecule has 6 heterocycles. The molecule has 5 aromatic rings. The minimum absolute atomic E-state index is 0.0134. The van der Waals surface area contributed by atoms with Crippen molar-refractivity contribution in [2.24, 2.45) is 0 Å². The fourth-order valence-corrected chi connectivity index (χ4v) is 5.04. The fraction of sp³-hybridized carbons (Fsp3) is 0.308. The number of likely N-dealkylation sites (tertiary alicyclic amines) is 1. The summed E-state index contributed by atoms with van der Waals surface area (Å²) in [6, 6.07) is 13.2. The lowest BCUT2D eigenvalue weighted by Gasteiger charge is -2.26. The number of fused-ring (bicyclic) bond motifs is 5. The van der Waals surface area contributed by atoms with Crippen LogP contribution in [0.5, 0.6) is 5.88 Å². The highest BCUT2D eigenvalue weighted by molar-refractivity contribution is 5.97. The van der Waals surface area contributed by atoms with Crippen LogP contribution in [-0.4, -0.2) is 73.2 Å². The van der Waals surface area contributed by atoms with Crippen molar-refractivity contribution < 1.29 is 23.5 Å². The van der Waals surface area contributed by atoms with Crippen LogP contribution in [0.15, 0.2) is 53.2 Å². The second kappa shape index (κ2) is 9.15. The molecule has 12 heteroatoms. The Morgan fingerprint density at radius 3 is 2.79 bits per heavy atom. The standard InChI is InChI=1S/C26H23N7O5/c1-35-14-19-9-22(31-38-19)24-29-28-23-20-4-2-3-5-21(20)25(30-33(23)24)37-12-16-7-6-15(10-27-16)26(34)32-11-18-8-17(32)13-36-18/h2-7,9-10,17-18H,8,11-14H2,1H3/t17-,18-/m0/s1. The van der Waals surface area contributed by atoms with Gasteiger partial charge in [0.15, 0.2) is 17.1 Å². The van der Waals surface area contributed by atoms with Crippen LogP contribution in [-0.2, 0) is 22.7 Å². The molecular weight excluding hydrogens is 490 g/mol. The van der Waals surface area contributed by atoms with E-state index >= 15 is 0 Å². The molecule has 0 radical (unpaired) electrons. The quantitative estimate of drug-likeness (QED) is 0.320. The molecule has 12 nitrogen and oxygen atoms in total. The lowest BCUT2D eigenvalue weighted by molar-refractivity contribution is 0.0259. The van der Waals surface area contributed by atoms with Gasteiger partial charge in [0.05, 0.1) is 30.0 Å². The van der Waals surface area contributed by atoms with Crippen LogP contribution in [0.2, 0.25) is 0 Å². The van der Waals surface area contributed by atoms with Crippen LogP contribution >= 0.6 is 0 Å². The van der Waals surface area contributed by atoms with Gasteiger partial charge in [0.2, 0.25) is 11.7 Å². The summed E-state index contributed by atoms with van der Waals surface area (Å²) in [5, 5.41) is 19.0. The monoisotopic (exact) mass is 513 g/mol. The normalized spacial score (nSPS) is 18.6. The number of methoxy groups -OCH3 is 1. The highest BCUT2D eigenvalue weighted by Crippen LogP contribution is 2.30. The smallest absolute Gasteiger partial charge is 0.255 e. The first-order valence-electron chi connectivity index (χ1n) is 12.3. The number of carbonyl (C=O) groups is 1. The van der Waals surface area contributed by atoms with Crippen molar-refractivity contribution in [2.45, 2.75) is 31.8 Å². The summed E-state index contributed by atoms with van der Waals surface area (Å²) in [5.74, 6) is 1.36. The van der Waals surface area contributed by atoms with Gasteiger partial charge in [0, 0.05) is 36.7 Å². The number of morpholine rings is 1. The molecule has 4 aromatic heterocycles.